The maximum atomic E-state index is 4.48. The molecule has 3 heterocycles. The fourth-order valence-electron chi connectivity index (χ4n) is 2.43. The summed E-state index contributed by atoms with van der Waals surface area (Å²) in [5.74, 6) is 0.959. The summed E-state index contributed by atoms with van der Waals surface area (Å²) in [7, 11) is 0. The third kappa shape index (κ3) is 2.19. The lowest BCUT2D eigenvalue weighted by Crippen LogP contribution is -2.37. The van der Waals surface area contributed by atoms with Crippen LogP contribution < -0.4 is 4.90 Å². The number of tetrazole rings is 1. The molecule has 2 aromatic rings. The highest BCUT2D eigenvalue weighted by Crippen LogP contribution is 2.23. The molecule has 0 saturated carbocycles. The van der Waals surface area contributed by atoms with E-state index in [1.165, 1.54) is 30.3 Å². The monoisotopic (exact) mass is 310 g/mol. The molecule has 7 heteroatoms. The molecule has 0 radical (unpaired) electrons. The lowest BCUT2D eigenvalue weighted by molar-refractivity contribution is 0.611. The molecular weight excluding hydrogens is 296 g/mol. The van der Waals surface area contributed by atoms with Gasteiger partial charge in [0.2, 0.25) is 0 Å². The van der Waals surface area contributed by atoms with Crippen molar-refractivity contribution in [1.82, 2.24) is 25.3 Å². The number of alkyl halides is 1. The van der Waals surface area contributed by atoms with Gasteiger partial charge >= 0.3 is 0 Å². The molecule has 1 aliphatic heterocycles. The van der Waals surface area contributed by atoms with Gasteiger partial charge in [-0.3, -0.25) is 0 Å². The first-order valence-electron chi connectivity index (χ1n) is 6.26. The second-order valence-corrected chi connectivity index (χ2v) is 5.22. The number of aromatic nitrogens is 5. The lowest BCUT2D eigenvalue weighted by Gasteiger charge is -2.29. The van der Waals surface area contributed by atoms with Crippen LogP contribution in [0.2, 0.25) is 0 Å². The fraction of sp³-hybridized carbons (Fsp3) is 0.636. The average molecular weight is 311 g/mol. The third-order valence-corrected chi connectivity index (χ3v) is 4.15. The van der Waals surface area contributed by atoms with Crippen LogP contribution in [0.5, 0.6) is 0 Å². The first-order valence-corrected chi connectivity index (χ1v) is 7.38. The standard InChI is InChI=1S/C11H15BrN6/c12-8-9-4-2-1-3-7-17(9)11-6-5-10-13-15-16-18(10)14-11/h5-6,9H,1-4,7-8H2. The minimum Gasteiger partial charge on any atom is -0.351 e. The Morgan fingerprint density at radius 2 is 2.22 bits per heavy atom. The van der Waals surface area contributed by atoms with Crippen molar-refractivity contribution >= 4 is 27.4 Å². The first-order chi connectivity index (χ1) is 8.88. The molecule has 18 heavy (non-hydrogen) atoms. The van der Waals surface area contributed by atoms with Gasteiger partial charge < -0.3 is 4.90 Å². The molecule has 6 nitrogen and oxygen atoms in total. The summed E-state index contributed by atoms with van der Waals surface area (Å²) in [6, 6.07) is 4.43. The van der Waals surface area contributed by atoms with Crippen molar-refractivity contribution in [2.45, 2.75) is 31.7 Å². The Hall–Kier alpha value is -1.24. The number of hydrogen-bond donors (Lipinski definition) is 0. The topological polar surface area (TPSA) is 59.2 Å². The summed E-state index contributed by atoms with van der Waals surface area (Å²) >= 11 is 3.61. The van der Waals surface area contributed by atoms with Crippen LogP contribution in [-0.4, -0.2) is 43.2 Å². The lowest BCUT2D eigenvalue weighted by atomic mass is 10.1. The molecule has 0 N–H and O–H groups in total. The van der Waals surface area contributed by atoms with Gasteiger partial charge in [-0.2, -0.15) is 0 Å². The molecule has 2 aromatic heterocycles. The smallest absolute Gasteiger partial charge is 0.200 e. The predicted molar refractivity (Wildman–Crippen MR) is 72.0 cm³/mol. The van der Waals surface area contributed by atoms with E-state index in [2.05, 4.69) is 41.5 Å². The van der Waals surface area contributed by atoms with Gasteiger partial charge in [-0.25, -0.2) is 0 Å². The van der Waals surface area contributed by atoms with Crippen molar-refractivity contribution in [2.75, 3.05) is 16.8 Å². The van der Waals surface area contributed by atoms with Gasteiger partial charge in [-0.15, -0.1) is 14.8 Å². The SMILES string of the molecule is BrCC1CCCCCN1c1ccc2nnnn2n1. The highest BCUT2D eigenvalue weighted by atomic mass is 79.9. The molecule has 1 saturated heterocycles. The van der Waals surface area contributed by atoms with Crippen LogP contribution in [0.1, 0.15) is 25.7 Å². The number of nitrogens with zero attached hydrogens (tertiary/aromatic N) is 6. The average Bonchev–Trinajstić information content (AvgIpc) is 2.74. The summed E-state index contributed by atoms with van der Waals surface area (Å²) in [5.41, 5.74) is 0.684. The maximum absolute atomic E-state index is 4.48. The van der Waals surface area contributed by atoms with Crippen LogP contribution in [0.3, 0.4) is 0 Å². The molecule has 0 amide bonds. The zero-order valence-electron chi connectivity index (χ0n) is 10.0. The molecular formula is C11H15BrN6. The van der Waals surface area contributed by atoms with E-state index in [9.17, 15) is 0 Å². The van der Waals surface area contributed by atoms with Gasteiger partial charge in [-0.05, 0) is 35.4 Å². The van der Waals surface area contributed by atoms with E-state index in [4.69, 9.17) is 0 Å². The molecule has 0 aromatic carbocycles. The van der Waals surface area contributed by atoms with Gasteiger partial charge in [0.15, 0.2) is 11.5 Å². The summed E-state index contributed by atoms with van der Waals surface area (Å²) in [6.07, 6.45) is 5.02. The molecule has 1 unspecified atom stereocenters. The molecule has 1 fully saturated rings. The van der Waals surface area contributed by atoms with E-state index in [1.54, 1.807) is 0 Å². The fourth-order valence-corrected chi connectivity index (χ4v) is 3.11. The minimum atomic E-state index is 0.508. The zero-order chi connectivity index (χ0) is 12.4. The van der Waals surface area contributed by atoms with Crippen LogP contribution in [-0.2, 0) is 0 Å². The molecule has 1 atom stereocenters. The van der Waals surface area contributed by atoms with Gasteiger partial charge in [0.1, 0.15) is 0 Å². The first kappa shape index (κ1) is 11.8. The van der Waals surface area contributed by atoms with Crippen LogP contribution >= 0.6 is 15.9 Å². The van der Waals surface area contributed by atoms with Crippen molar-refractivity contribution in [3.63, 3.8) is 0 Å². The Morgan fingerprint density at radius 3 is 3.11 bits per heavy atom. The minimum absolute atomic E-state index is 0.508. The second-order valence-electron chi connectivity index (χ2n) is 4.57. The Labute approximate surface area is 113 Å². The Balaban J connectivity index is 1.94. The van der Waals surface area contributed by atoms with Crippen LogP contribution in [0, 0.1) is 0 Å². The zero-order valence-corrected chi connectivity index (χ0v) is 11.6. The number of halogens is 1. The van der Waals surface area contributed by atoms with E-state index in [0.717, 1.165) is 17.7 Å². The van der Waals surface area contributed by atoms with Gasteiger partial charge in [-0.1, -0.05) is 28.8 Å². The highest BCUT2D eigenvalue weighted by molar-refractivity contribution is 9.09. The van der Waals surface area contributed by atoms with Crippen LogP contribution in [0.15, 0.2) is 12.1 Å². The largest absolute Gasteiger partial charge is 0.351 e. The normalized spacial score (nSPS) is 21.2. The van der Waals surface area contributed by atoms with Gasteiger partial charge in [0, 0.05) is 17.9 Å². The van der Waals surface area contributed by atoms with E-state index in [0.29, 0.717) is 11.7 Å². The molecule has 96 valence electrons. The van der Waals surface area contributed by atoms with Gasteiger partial charge in [0.05, 0.1) is 0 Å². The molecule has 0 spiro atoms. The van der Waals surface area contributed by atoms with E-state index in [-0.39, 0.29) is 0 Å². The van der Waals surface area contributed by atoms with Crippen molar-refractivity contribution < 1.29 is 0 Å². The van der Waals surface area contributed by atoms with Crippen molar-refractivity contribution in [1.29, 1.82) is 0 Å². The van der Waals surface area contributed by atoms with Crippen molar-refractivity contribution in [3.8, 4) is 0 Å². The van der Waals surface area contributed by atoms with E-state index in [1.807, 2.05) is 12.1 Å². The Morgan fingerprint density at radius 1 is 1.28 bits per heavy atom. The summed E-state index contributed by atoms with van der Waals surface area (Å²) < 4.78 is 1.49. The number of anilines is 1. The number of rotatable bonds is 2. The Kier molecular flexibility index (Phi) is 3.40. The molecule has 0 bridgehead atoms. The van der Waals surface area contributed by atoms with E-state index < -0.39 is 0 Å². The van der Waals surface area contributed by atoms with Gasteiger partial charge in [0.25, 0.3) is 0 Å². The summed E-state index contributed by atoms with van der Waals surface area (Å²) in [5, 5.41) is 16.8. The van der Waals surface area contributed by atoms with Crippen molar-refractivity contribution in [3.05, 3.63) is 12.1 Å². The van der Waals surface area contributed by atoms with Crippen molar-refractivity contribution in [2.24, 2.45) is 0 Å². The highest BCUT2D eigenvalue weighted by Gasteiger charge is 2.21. The summed E-state index contributed by atoms with van der Waals surface area (Å²) in [4.78, 5) is 2.36. The third-order valence-electron chi connectivity index (χ3n) is 3.40. The molecule has 3 rings (SSSR count). The molecule has 0 aliphatic carbocycles. The van der Waals surface area contributed by atoms with Crippen LogP contribution in [0.4, 0.5) is 5.82 Å². The number of hydrogen-bond acceptors (Lipinski definition) is 5. The predicted octanol–water partition coefficient (Wildman–Crippen LogP) is 1.66. The van der Waals surface area contributed by atoms with Crippen LogP contribution in [0.25, 0.3) is 5.65 Å². The maximum Gasteiger partial charge on any atom is 0.200 e. The quantitative estimate of drug-likeness (QED) is 0.790. The molecule has 1 aliphatic rings. The van der Waals surface area contributed by atoms with E-state index >= 15 is 0 Å². The summed E-state index contributed by atoms with van der Waals surface area (Å²) in [6.45, 7) is 1.05. The second kappa shape index (κ2) is 5.17. The number of fused-ring (bicyclic) bond motifs is 1. The Bertz CT molecular complexity index is 527.